The summed E-state index contributed by atoms with van der Waals surface area (Å²) in [5.74, 6) is -2.78. The highest BCUT2D eigenvalue weighted by molar-refractivity contribution is 7.92. The standard InChI is InChI=1S/C17H21ClO6S/c1-4-23-15(19)17(16(20)24-5-2)13(14(17)25(21,22)6-3)11-7-9-12(18)10-8-11/h7-10,13-14H,4-6H2,1-3H3/t13-,14-/m1/s1. The smallest absolute Gasteiger partial charge is 0.325 e. The number of sulfone groups is 1. The molecule has 0 heterocycles. The first-order valence-electron chi connectivity index (χ1n) is 8.08. The highest BCUT2D eigenvalue weighted by atomic mass is 35.5. The molecule has 1 aliphatic carbocycles. The van der Waals surface area contributed by atoms with Crippen molar-refractivity contribution in [1.82, 2.24) is 0 Å². The molecular formula is C17H21ClO6S. The molecule has 0 amide bonds. The number of halogens is 1. The van der Waals surface area contributed by atoms with Gasteiger partial charge in [0.25, 0.3) is 0 Å². The minimum Gasteiger partial charge on any atom is -0.465 e. The third kappa shape index (κ3) is 3.27. The Labute approximate surface area is 152 Å². The molecule has 0 saturated heterocycles. The van der Waals surface area contributed by atoms with Gasteiger partial charge in [-0.1, -0.05) is 30.7 Å². The van der Waals surface area contributed by atoms with E-state index in [0.717, 1.165) is 0 Å². The van der Waals surface area contributed by atoms with Gasteiger partial charge in [0.1, 0.15) is 0 Å². The Kier molecular flexibility index (Phi) is 5.79. The maximum absolute atomic E-state index is 12.7. The third-order valence-corrected chi connectivity index (χ3v) is 6.85. The van der Waals surface area contributed by atoms with E-state index in [1.54, 1.807) is 38.1 Å². The maximum atomic E-state index is 12.7. The van der Waals surface area contributed by atoms with Crippen LogP contribution in [-0.2, 0) is 28.9 Å². The van der Waals surface area contributed by atoms with E-state index in [1.165, 1.54) is 6.92 Å². The topological polar surface area (TPSA) is 86.7 Å². The average Bonchev–Trinajstić information content (AvgIpc) is 3.28. The number of hydrogen-bond donors (Lipinski definition) is 0. The van der Waals surface area contributed by atoms with Crippen molar-refractivity contribution in [3.63, 3.8) is 0 Å². The minimum absolute atomic E-state index is 0.0339. The molecule has 0 unspecified atom stereocenters. The van der Waals surface area contributed by atoms with Crippen molar-refractivity contribution in [2.45, 2.75) is 31.9 Å². The van der Waals surface area contributed by atoms with E-state index < -0.39 is 38.4 Å². The van der Waals surface area contributed by atoms with Gasteiger partial charge in [0.2, 0.25) is 0 Å². The number of benzene rings is 1. The fourth-order valence-corrected chi connectivity index (χ4v) is 5.30. The predicted molar refractivity (Wildman–Crippen MR) is 93.1 cm³/mol. The SMILES string of the molecule is CCOC(=O)C1(C(=O)OCC)[C@H](c2ccc(Cl)cc2)[C@H]1S(=O)(=O)CC. The summed E-state index contributed by atoms with van der Waals surface area (Å²) in [6.07, 6.45) is 0. The lowest BCUT2D eigenvalue weighted by molar-refractivity contribution is -0.164. The van der Waals surface area contributed by atoms with Gasteiger partial charge in [0.05, 0.1) is 18.5 Å². The predicted octanol–water partition coefficient (Wildman–Crippen LogP) is 2.35. The van der Waals surface area contributed by atoms with Gasteiger partial charge in [-0.05, 0) is 31.5 Å². The summed E-state index contributed by atoms with van der Waals surface area (Å²) in [6, 6.07) is 6.41. The first kappa shape index (κ1) is 19.7. The van der Waals surface area contributed by atoms with Crippen LogP contribution in [0.5, 0.6) is 0 Å². The Bertz CT molecular complexity index is 738. The lowest BCUT2D eigenvalue weighted by Crippen LogP contribution is -2.36. The summed E-state index contributed by atoms with van der Waals surface area (Å²) in [6.45, 7) is 4.74. The van der Waals surface area contributed by atoms with E-state index >= 15 is 0 Å². The van der Waals surface area contributed by atoms with Crippen molar-refractivity contribution in [2.75, 3.05) is 19.0 Å². The lowest BCUT2D eigenvalue weighted by atomic mass is 9.99. The normalized spacial score (nSPS) is 21.4. The van der Waals surface area contributed by atoms with Crippen molar-refractivity contribution >= 4 is 33.4 Å². The first-order chi connectivity index (χ1) is 11.8. The zero-order valence-electron chi connectivity index (χ0n) is 14.3. The van der Waals surface area contributed by atoms with Gasteiger partial charge in [-0.15, -0.1) is 0 Å². The van der Waals surface area contributed by atoms with Crippen LogP contribution in [0.1, 0.15) is 32.3 Å². The maximum Gasteiger partial charge on any atom is 0.325 e. The van der Waals surface area contributed by atoms with Crippen LogP contribution in [0.15, 0.2) is 24.3 Å². The van der Waals surface area contributed by atoms with Crippen LogP contribution in [0, 0.1) is 5.41 Å². The zero-order valence-corrected chi connectivity index (χ0v) is 15.9. The summed E-state index contributed by atoms with van der Waals surface area (Å²) < 4.78 is 35.3. The molecule has 8 heteroatoms. The molecule has 1 aromatic carbocycles. The third-order valence-electron chi connectivity index (χ3n) is 4.38. The molecule has 2 rings (SSSR count). The Morgan fingerprint density at radius 1 is 1.04 bits per heavy atom. The molecule has 0 radical (unpaired) electrons. The van der Waals surface area contributed by atoms with Gasteiger partial charge in [-0.3, -0.25) is 9.59 Å². The Hall–Kier alpha value is -1.60. The number of carbonyl (C=O) groups excluding carboxylic acids is 2. The quantitative estimate of drug-likeness (QED) is 0.526. The minimum atomic E-state index is -3.70. The molecule has 2 atom stereocenters. The van der Waals surface area contributed by atoms with E-state index in [9.17, 15) is 18.0 Å². The summed E-state index contributed by atoms with van der Waals surface area (Å²) in [4.78, 5) is 25.3. The second-order valence-electron chi connectivity index (χ2n) is 5.71. The van der Waals surface area contributed by atoms with Crippen molar-refractivity contribution in [2.24, 2.45) is 5.41 Å². The van der Waals surface area contributed by atoms with E-state index in [2.05, 4.69) is 0 Å². The Balaban J connectivity index is 2.61. The van der Waals surface area contributed by atoms with Gasteiger partial charge < -0.3 is 9.47 Å². The summed E-state index contributed by atoms with van der Waals surface area (Å²) in [5, 5.41) is -0.735. The van der Waals surface area contributed by atoms with Gasteiger partial charge in [-0.2, -0.15) is 0 Å². The molecule has 138 valence electrons. The number of ether oxygens (including phenoxy) is 2. The van der Waals surface area contributed by atoms with Crippen molar-refractivity contribution in [3.05, 3.63) is 34.9 Å². The molecule has 1 aliphatic rings. The van der Waals surface area contributed by atoms with Gasteiger partial charge in [0.15, 0.2) is 15.3 Å². The van der Waals surface area contributed by atoms with Gasteiger partial charge in [0, 0.05) is 16.7 Å². The highest BCUT2D eigenvalue weighted by Gasteiger charge is 2.81. The van der Waals surface area contributed by atoms with E-state index in [1.807, 2.05) is 0 Å². The van der Waals surface area contributed by atoms with Gasteiger partial charge >= 0.3 is 11.9 Å². The number of rotatable bonds is 7. The molecule has 1 saturated carbocycles. The summed E-state index contributed by atoms with van der Waals surface area (Å²) in [5.41, 5.74) is -1.33. The Morgan fingerprint density at radius 3 is 1.92 bits per heavy atom. The molecule has 0 aliphatic heterocycles. The van der Waals surface area contributed by atoms with E-state index in [4.69, 9.17) is 21.1 Å². The van der Waals surface area contributed by atoms with E-state index in [0.29, 0.717) is 10.6 Å². The van der Waals surface area contributed by atoms with Crippen LogP contribution in [-0.4, -0.2) is 44.6 Å². The fraction of sp³-hybridized carbons (Fsp3) is 0.529. The average molecular weight is 389 g/mol. The van der Waals surface area contributed by atoms with Crippen LogP contribution in [0.2, 0.25) is 5.02 Å². The van der Waals surface area contributed by atoms with Crippen molar-refractivity contribution < 1.29 is 27.5 Å². The number of hydrogen-bond acceptors (Lipinski definition) is 6. The van der Waals surface area contributed by atoms with Gasteiger partial charge in [-0.25, -0.2) is 8.42 Å². The molecule has 0 N–H and O–H groups in total. The van der Waals surface area contributed by atoms with Crippen LogP contribution >= 0.6 is 11.6 Å². The molecule has 25 heavy (non-hydrogen) atoms. The number of esters is 2. The van der Waals surface area contributed by atoms with Crippen LogP contribution in [0.3, 0.4) is 0 Å². The van der Waals surface area contributed by atoms with Crippen LogP contribution < -0.4 is 0 Å². The first-order valence-corrected chi connectivity index (χ1v) is 10.2. The summed E-state index contributed by atoms with van der Waals surface area (Å²) >= 11 is 5.88. The highest BCUT2D eigenvalue weighted by Crippen LogP contribution is 2.64. The molecule has 0 aromatic heterocycles. The summed E-state index contributed by atoms with van der Waals surface area (Å²) in [7, 11) is -3.70. The fourth-order valence-electron chi connectivity index (χ4n) is 3.20. The zero-order chi connectivity index (χ0) is 18.8. The van der Waals surface area contributed by atoms with Crippen molar-refractivity contribution in [1.29, 1.82) is 0 Å². The molecular weight excluding hydrogens is 368 g/mol. The molecule has 0 bridgehead atoms. The molecule has 0 spiro atoms. The Morgan fingerprint density at radius 2 is 1.52 bits per heavy atom. The molecule has 1 aromatic rings. The van der Waals surface area contributed by atoms with Crippen LogP contribution in [0.25, 0.3) is 0 Å². The lowest BCUT2D eigenvalue weighted by Gasteiger charge is -2.15. The molecule has 1 fully saturated rings. The van der Waals surface area contributed by atoms with E-state index in [-0.39, 0.29) is 19.0 Å². The monoisotopic (exact) mass is 388 g/mol. The largest absolute Gasteiger partial charge is 0.465 e. The van der Waals surface area contributed by atoms with Crippen molar-refractivity contribution in [3.8, 4) is 0 Å². The second-order valence-corrected chi connectivity index (χ2v) is 8.56. The number of carbonyl (C=O) groups is 2. The van der Waals surface area contributed by atoms with Crippen LogP contribution in [0.4, 0.5) is 0 Å². The second kappa shape index (κ2) is 7.33. The molecule has 6 nitrogen and oxygen atoms in total.